The maximum absolute atomic E-state index is 14.0. The molecule has 3 N–H and O–H groups in total. The van der Waals surface area contributed by atoms with Crippen molar-refractivity contribution in [2.24, 2.45) is 5.73 Å². The van der Waals surface area contributed by atoms with Gasteiger partial charge in [0, 0.05) is 30.9 Å². The minimum Gasteiger partial charge on any atom is -0.400 e. The van der Waals surface area contributed by atoms with Crippen LogP contribution in [0.4, 0.5) is 17.6 Å². The van der Waals surface area contributed by atoms with E-state index in [1.165, 1.54) is 21.9 Å². The first-order valence-electron chi connectivity index (χ1n) is 9.99. The van der Waals surface area contributed by atoms with Crippen molar-refractivity contribution >= 4 is 11.6 Å². The average molecular weight is 437 g/mol. The number of likely N-dealkylation sites (tertiary alicyclic amines) is 1. The normalized spacial score (nSPS) is 20.3. The fourth-order valence-electron chi connectivity index (χ4n) is 4.24. The van der Waals surface area contributed by atoms with E-state index in [1.807, 2.05) is 6.19 Å². The maximum Gasteiger partial charge on any atom is 0.419 e. The summed E-state index contributed by atoms with van der Waals surface area (Å²) in [5, 5.41) is 17.2. The summed E-state index contributed by atoms with van der Waals surface area (Å²) in [5.74, 6) is -2.36. The second-order valence-corrected chi connectivity index (χ2v) is 7.77. The highest BCUT2D eigenvalue weighted by atomic mass is 19.4. The number of rotatable bonds is 3. The van der Waals surface area contributed by atoms with Gasteiger partial charge in [-0.2, -0.15) is 18.4 Å². The van der Waals surface area contributed by atoms with Crippen LogP contribution in [0.2, 0.25) is 0 Å². The molecular formula is C21H23F4N5O. The zero-order chi connectivity index (χ0) is 22.8. The fraction of sp³-hybridized carbons (Fsp3) is 0.476. The van der Waals surface area contributed by atoms with Crippen molar-refractivity contribution in [2.75, 3.05) is 26.2 Å². The molecule has 1 saturated heterocycles. The van der Waals surface area contributed by atoms with Crippen molar-refractivity contribution in [3.63, 3.8) is 0 Å². The Kier molecular flexibility index (Phi) is 6.53. The Hall–Kier alpha value is -3.09. The Morgan fingerprint density at radius 2 is 1.97 bits per heavy atom. The minimum absolute atomic E-state index is 0.0901. The van der Waals surface area contributed by atoms with Gasteiger partial charge in [-0.1, -0.05) is 12.1 Å². The number of hydrogen-bond donors (Lipinski definition) is 2. The van der Waals surface area contributed by atoms with Gasteiger partial charge in [-0.05, 0) is 43.2 Å². The van der Waals surface area contributed by atoms with E-state index in [2.05, 4.69) is 0 Å². The molecule has 2 aliphatic heterocycles. The molecule has 2 aliphatic rings. The van der Waals surface area contributed by atoms with Gasteiger partial charge in [0.15, 0.2) is 6.19 Å². The SMILES string of the molecule is N#CN1CCC(C(=N)C(=O)N2CCCC(c3cccc(F)c3C(F)(F)F)CC2)=C(N)C1. The van der Waals surface area contributed by atoms with E-state index in [9.17, 15) is 22.4 Å². The number of nitriles is 1. The summed E-state index contributed by atoms with van der Waals surface area (Å²) in [6.07, 6.45) is -1.46. The van der Waals surface area contributed by atoms with Gasteiger partial charge in [0.05, 0.1) is 12.1 Å². The van der Waals surface area contributed by atoms with Crippen molar-refractivity contribution in [3.05, 3.63) is 46.4 Å². The predicted molar refractivity (Wildman–Crippen MR) is 105 cm³/mol. The standard InChI is InChI=1S/C21H23F4N5O/c22-16-5-1-4-14(18(16)21(23,24)25)13-3-2-8-30(10-6-13)20(31)19(28)15-7-9-29(12-26)11-17(15)27/h1,4-5,13,28H,2-3,6-11,27H2. The van der Waals surface area contributed by atoms with E-state index < -0.39 is 29.4 Å². The lowest BCUT2D eigenvalue weighted by Crippen LogP contribution is -2.41. The molecule has 0 aromatic heterocycles. The summed E-state index contributed by atoms with van der Waals surface area (Å²) >= 11 is 0. The van der Waals surface area contributed by atoms with E-state index in [4.69, 9.17) is 16.4 Å². The maximum atomic E-state index is 14.0. The van der Waals surface area contributed by atoms with E-state index >= 15 is 0 Å². The number of carbonyl (C=O) groups excluding carboxylic acids is 1. The van der Waals surface area contributed by atoms with Crippen molar-refractivity contribution in [1.82, 2.24) is 9.80 Å². The van der Waals surface area contributed by atoms with Crippen LogP contribution in [0.15, 0.2) is 29.5 Å². The summed E-state index contributed by atoms with van der Waals surface area (Å²) in [5.41, 5.74) is 5.08. The topological polar surface area (TPSA) is 97.2 Å². The molecule has 1 amide bonds. The minimum atomic E-state index is -4.80. The lowest BCUT2D eigenvalue weighted by atomic mass is 9.88. The van der Waals surface area contributed by atoms with Crippen LogP contribution in [0, 0.1) is 22.7 Å². The second-order valence-electron chi connectivity index (χ2n) is 7.77. The molecule has 166 valence electrons. The number of alkyl halides is 3. The predicted octanol–water partition coefficient (Wildman–Crippen LogP) is 3.36. The molecule has 0 saturated carbocycles. The molecule has 1 aromatic carbocycles. The fourth-order valence-corrected chi connectivity index (χ4v) is 4.24. The lowest BCUT2D eigenvalue weighted by Gasteiger charge is -2.27. The zero-order valence-corrected chi connectivity index (χ0v) is 16.8. The first-order chi connectivity index (χ1) is 14.6. The van der Waals surface area contributed by atoms with Crippen LogP contribution in [0.3, 0.4) is 0 Å². The molecule has 31 heavy (non-hydrogen) atoms. The van der Waals surface area contributed by atoms with Gasteiger partial charge in [-0.15, -0.1) is 0 Å². The summed E-state index contributed by atoms with van der Waals surface area (Å²) in [6, 6.07) is 3.37. The Balaban J connectivity index is 1.74. The first-order valence-corrected chi connectivity index (χ1v) is 9.99. The van der Waals surface area contributed by atoms with Crippen LogP contribution in [0.5, 0.6) is 0 Å². The van der Waals surface area contributed by atoms with Crippen molar-refractivity contribution < 1.29 is 22.4 Å². The average Bonchev–Trinajstić information content (AvgIpc) is 2.97. The largest absolute Gasteiger partial charge is 0.419 e. The highest BCUT2D eigenvalue weighted by Crippen LogP contribution is 2.40. The van der Waals surface area contributed by atoms with Crippen LogP contribution in [-0.4, -0.2) is 47.6 Å². The number of halogens is 4. The molecule has 1 unspecified atom stereocenters. The van der Waals surface area contributed by atoms with Gasteiger partial charge in [0.2, 0.25) is 0 Å². The van der Waals surface area contributed by atoms with Crippen molar-refractivity contribution in [3.8, 4) is 6.19 Å². The molecule has 3 rings (SSSR count). The van der Waals surface area contributed by atoms with Crippen LogP contribution >= 0.6 is 0 Å². The number of benzene rings is 1. The third-order valence-electron chi connectivity index (χ3n) is 5.82. The summed E-state index contributed by atoms with van der Waals surface area (Å²) < 4.78 is 54.2. The number of amides is 1. The van der Waals surface area contributed by atoms with E-state index in [-0.39, 0.29) is 30.8 Å². The molecule has 10 heteroatoms. The van der Waals surface area contributed by atoms with Crippen LogP contribution in [-0.2, 0) is 11.0 Å². The van der Waals surface area contributed by atoms with Crippen molar-refractivity contribution in [1.29, 1.82) is 10.7 Å². The smallest absolute Gasteiger partial charge is 0.400 e. The van der Waals surface area contributed by atoms with Crippen LogP contribution in [0.1, 0.15) is 42.7 Å². The lowest BCUT2D eigenvalue weighted by molar-refractivity contribution is -0.140. The second kappa shape index (κ2) is 8.96. The molecule has 0 radical (unpaired) electrons. The summed E-state index contributed by atoms with van der Waals surface area (Å²) in [4.78, 5) is 15.7. The first kappa shape index (κ1) is 22.6. The van der Waals surface area contributed by atoms with E-state index in [0.717, 1.165) is 6.07 Å². The molecule has 1 aromatic rings. The third-order valence-corrected chi connectivity index (χ3v) is 5.82. The molecule has 6 nitrogen and oxygen atoms in total. The van der Waals surface area contributed by atoms with Gasteiger partial charge < -0.3 is 15.5 Å². The summed E-state index contributed by atoms with van der Waals surface area (Å²) in [6.45, 7) is 0.983. The van der Waals surface area contributed by atoms with Crippen LogP contribution < -0.4 is 5.73 Å². The van der Waals surface area contributed by atoms with Gasteiger partial charge in [-0.25, -0.2) is 4.39 Å². The highest BCUT2D eigenvalue weighted by molar-refractivity contribution is 6.44. The number of nitrogens with two attached hydrogens (primary N) is 1. The molecule has 1 atom stereocenters. The molecule has 2 heterocycles. The number of nitrogens with zero attached hydrogens (tertiary/aromatic N) is 3. The Morgan fingerprint density at radius 3 is 2.61 bits per heavy atom. The molecule has 1 fully saturated rings. The van der Waals surface area contributed by atoms with Gasteiger partial charge in [0.1, 0.15) is 11.5 Å². The van der Waals surface area contributed by atoms with Gasteiger partial charge in [-0.3, -0.25) is 10.2 Å². The third kappa shape index (κ3) is 4.81. The summed E-state index contributed by atoms with van der Waals surface area (Å²) in [7, 11) is 0. The molecular weight excluding hydrogens is 414 g/mol. The number of nitrogens with one attached hydrogen (secondary N) is 1. The molecule has 0 aliphatic carbocycles. The number of hydrogen-bond acceptors (Lipinski definition) is 5. The van der Waals surface area contributed by atoms with E-state index in [1.54, 1.807) is 0 Å². The zero-order valence-electron chi connectivity index (χ0n) is 16.8. The van der Waals surface area contributed by atoms with E-state index in [0.29, 0.717) is 43.6 Å². The molecule has 0 spiro atoms. The van der Waals surface area contributed by atoms with Crippen molar-refractivity contribution in [2.45, 2.75) is 37.8 Å². The Morgan fingerprint density at radius 1 is 1.23 bits per heavy atom. The Bertz CT molecular complexity index is 950. The van der Waals surface area contributed by atoms with Gasteiger partial charge >= 0.3 is 6.18 Å². The monoisotopic (exact) mass is 437 g/mol. The molecule has 0 bridgehead atoms. The number of carbonyl (C=O) groups is 1. The quantitative estimate of drug-likeness (QED) is 0.431. The van der Waals surface area contributed by atoms with Gasteiger partial charge in [0.25, 0.3) is 5.91 Å². The Labute approximate surface area is 177 Å². The highest BCUT2D eigenvalue weighted by Gasteiger charge is 2.39. The van der Waals surface area contributed by atoms with Crippen LogP contribution in [0.25, 0.3) is 0 Å².